The highest BCUT2D eigenvalue weighted by atomic mass is 31.2. The van der Waals surface area contributed by atoms with Gasteiger partial charge in [-0.3, -0.25) is 9.36 Å². The summed E-state index contributed by atoms with van der Waals surface area (Å²) in [6.07, 6.45) is 21.1. The lowest BCUT2D eigenvalue weighted by Crippen LogP contribution is -2.46. The number of likely N-dealkylation sites (N-methyl/N-ethyl adjacent to an activating group) is 1. The molecule has 8 nitrogen and oxygen atoms in total. The Labute approximate surface area is 247 Å². The monoisotopic (exact) mass is 592 g/mol. The number of nitrogens with zero attached hydrogens (tertiary/aromatic N) is 1. The molecule has 0 saturated carbocycles. The van der Waals surface area contributed by atoms with Gasteiger partial charge in [-0.15, -0.1) is 0 Å². The number of amides is 1. The van der Waals surface area contributed by atoms with E-state index < -0.39 is 20.0 Å². The van der Waals surface area contributed by atoms with Crippen LogP contribution in [0, 0.1) is 0 Å². The molecule has 0 aliphatic heterocycles. The number of carbonyl (C=O) groups excluding carboxylic acids is 1. The highest BCUT2D eigenvalue weighted by Gasteiger charge is 2.24. The summed E-state index contributed by atoms with van der Waals surface area (Å²) >= 11 is 0. The maximum Gasteiger partial charge on any atom is 0.268 e. The Hall–Kier alpha value is -0.500. The lowest BCUT2D eigenvalue weighted by atomic mass is 10.0. The molecule has 240 valence electrons. The predicted octanol–water partition coefficient (Wildman–Crippen LogP) is 6.88. The Kier molecular flexibility index (Phi) is 24.7. The normalized spacial score (nSPS) is 15.1. The van der Waals surface area contributed by atoms with Gasteiger partial charge < -0.3 is 28.8 Å². The number of rotatable bonds is 29. The maximum absolute atomic E-state index is 12.6. The van der Waals surface area contributed by atoms with Gasteiger partial charge in [-0.25, -0.2) is 0 Å². The fraction of sp³-hybridized carbons (Fsp3) is 0.968. The molecule has 0 fully saturated rings. The van der Waals surface area contributed by atoms with Crippen LogP contribution < -0.4 is 10.2 Å². The maximum atomic E-state index is 12.6. The van der Waals surface area contributed by atoms with Gasteiger partial charge in [0.15, 0.2) is 0 Å². The summed E-state index contributed by atoms with van der Waals surface area (Å²) in [6, 6.07) is -0.788. The smallest absolute Gasteiger partial charge is 0.268 e. The van der Waals surface area contributed by atoms with Gasteiger partial charge in [0.2, 0.25) is 5.91 Å². The third-order valence-electron chi connectivity index (χ3n) is 7.35. The van der Waals surface area contributed by atoms with Crippen LogP contribution in [0.4, 0.5) is 0 Å². The number of aliphatic hydroxyl groups excluding tert-OH is 1. The highest BCUT2D eigenvalue weighted by molar-refractivity contribution is 7.45. The molecule has 0 radical (unpaired) electrons. The van der Waals surface area contributed by atoms with Gasteiger partial charge in [-0.05, 0) is 12.8 Å². The van der Waals surface area contributed by atoms with Crippen molar-refractivity contribution in [2.75, 3.05) is 40.9 Å². The summed E-state index contributed by atoms with van der Waals surface area (Å²) in [5.74, 6) is -0.174. The Bertz CT molecular complexity index is 644. The van der Waals surface area contributed by atoms with Gasteiger partial charge in [0.05, 0.1) is 39.9 Å². The van der Waals surface area contributed by atoms with E-state index in [2.05, 4.69) is 19.2 Å². The highest BCUT2D eigenvalue weighted by Crippen LogP contribution is 2.38. The topological polar surface area (TPSA) is 108 Å². The third-order valence-corrected chi connectivity index (χ3v) is 8.31. The van der Waals surface area contributed by atoms with Crippen molar-refractivity contribution in [3.8, 4) is 0 Å². The van der Waals surface area contributed by atoms with E-state index >= 15 is 0 Å². The minimum absolute atomic E-state index is 0.0147. The average Bonchev–Trinajstić information content (AvgIpc) is 2.88. The summed E-state index contributed by atoms with van der Waals surface area (Å²) in [5.41, 5.74) is 0. The van der Waals surface area contributed by atoms with Crippen LogP contribution >= 0.6 is 7.82 Å². The third kappa shape index (κ3) is 26.4. The molecule has 0 rings (SSSR count). The van der Waals surface area contributed by atoms with Gasteiger partial charge >= 0.3 is 0 Å². The summed E-state index contributed by atoms with van der Waals surface area (Å²) < 4.78 is 23.0. The van der Waals surface area contributed by atoms with Crippen LogP contribution in [0.5, 0.6) is 0 Å². The average molecular weight is 593 g/mol. The van der Waals surface area contributed by atoms with Crippen molar-refractivity contribution >= 4 is 13.7 Å². The zero-order valence-electron chi connectivity index (χ0n) is 26.8. The van der Waals surface area contributed by atoms with Gasteiger partial charge in [0, 0.05) is 6.42 Å². The number of unbranched alkanes of at least 4 members (excludes halogenated alkanes) is 16. The first-order valence-electron chi connectivity index (χ1n) is 16.4. The van der Waals surface area contributed by atoms with Crippen molar-refractivity contribution < 1.29 is 32.9 Å². The molecule has 40 heavy (non-hydrogen) atoms. The summed E-state index contributed by atoms with van der Waals surface area (Å²) in [4.78, 5) is 24.9. The number of carbonyl (C=O) groups is 1. The minimum Gasteiger partial charge on any atom is -0.756 e. The van der Waals surface area contributed by atoms with Crippen molar-refractivity contribution in [3.05, 3.63) is 0 Å². The quantitative estimate of drug-likeness (QED) is 0.0557. The van der Waals surface area contributed by atoms with Crippen LogP contribution in [0.25, 0.3) is 0 Å². The van der Waals surface area contributed by atoms with Crippen LogP contribution in [-0.2, 0) is 18.4 Å². The number of phosphoric ester groups is 1. The molecule has 0 heterocycles. The van der Waals surface area contributed by atoms with Crippen molar-refractivity contribution in [2.45, 2.75) is 154 Å². The Balaban J connectivity index is 4.54. The molecular weight excluding hydrogens is 527 g/mol. The molecule has 0 saturated heterocycles. The van der Waals surface area contributed by atoms with Gasteiger partial charge in [0.25, 0.3) is 7.82 Å². The second kappa shape index (κ2) is 25.0. The fourth-order valence-electron chi connectivity index (χ4n) is 4.62. The first-order valence-corrected chi connectivity index (χ1v) is 17.8. The van der Waals surface area contributed by atoms with E-state index in [0.29, 0.717) is 23.9 Å². The van der Waals surface area contributed by atoms with Crippen molar-refractivity contribution in [1.82, 2.24) is 5.32 Å². The SMILES string of the molecule is CCCCCCCCCCCCC[C@@H](O)[C@H](COP(=O)([O-])OCC[N+](C)(C)C)NC(=O)CCCCCCCCC. The van der Waals surface area contributed by atoms with E-state index in [1.54, 1.807) is 0 Å². The number of hydrogen-bond donors (Lipinski definition) is 2. The van der Waals surface area contributed by atoms with Gasteiger partial charge in [-0.2, -0.15) is 0 Å². The molecule has 2 N–H and O–H groups in total. The zero-order valence-corrected chi connectivity index (χ0v) is 27.7. The lowest BCUT2D eigenvalue weighted by Gasteiger charge is -2.30. The van der Waals surface area contributed by atoms with Crippen LogP contribution in [0.1, 0.15) is 142 Å². The summed E-state index contributed by atoms with van der Waals surface area (Å²) in [7, 11) is 1.30. The van der Waals surface area contributed by atoms with Crippen molar-refractivity contribution in [3.63, 3.8) is 0 Å². The van der Waals surface area contributed by atoms with Crippen LogP contribution in [0.15, 0.2) is 0 Å². The summed E-state index contributed by atoms with van der Waals surface area (Å²) in [5, 5.41) is 13.7. The summed E-state index contributed by atoms with van der Waals surface area (Å²) in [6.45, 7) is 4.63. The molecule has 0 spiro atoms. The Morgan fingerprint density at radius 2 is 1.23 bits per heavy atom. The Morgan fingerprint density at radius 3 is 1.70 bits per heavy atom. The first-order chi connectivity index (χ1) is 19.0. The van der Waals surface area contributed by atoms with E-state index in [-0.39, 0.29) is 19.1 Å². The van der Waals surface area contributed by atoms with Crippen molar-refractivity contribution in [2.24, 2.45) is 0 Å². The van der Waals surface area contributed by atoms with E-state index in [1.807, 2.05) is 21.1 Å². The second-order valence-corrected chi connectivity index (χ2v) is 13.9. The number of nitrogens with one attached hydrogen (secondary N) is 1. The first kappa shape index (κ1) is 39.5. The molecule has 3 atom stereocenters. The second-order valence-electron chi connectivity index (χ2n) is 12.5. The van der Waals surface area contributed by atoms with Crippen LogP contribution in [0.3, 0.4) is 0 Å². The molecule has 1 unspecified atom stereocenters. The number of phosphoric acid groups is 1. The fourth-order valence-corrected chi connectivity index (χ4v) is 5.35. The molecule has 0 aliphatic rings. The predicted molar refractivity (Wildman–Crippen MR) is 164 cm³/mol. The van der Waals surface area contributed by atoms with Crippen LogP contribution in [0.2, 0.25) is 0 Å². The number of quaternary nitrogens is 1. The van der Waals surface area contributed by atoms with E-state index in [4.69, 9.17) is 9.05 Å². The molecule has 1 amide bonds. The number of hydrogen-bond acceptors (Lipinski definition) is 6. The number of aliphatic hydroxyl groups is 1. The minimum atomic E-state index is -4.53. The molecule has 0 aromatic rings. The molecule has 0 bridgehead atoms. The van der Waals surface area contributed by atoms with Crippen molar-refractivity contribution in [1.29, 1.82) is 0 Å². The largest absolute Gasteiger partial charge is 0.756 e. The van der Waals surface area contributed by atoms with E-state index in [1.165, 1.54) is 77.0 Å². The van der Waals surface area contributed by atoms with Gasteiger partial charge in [-0.1, -0.05) is 123 Å². The van der Waals surface area contributed by atoms with E-state index in [9.17, 15) is 19.4 Å². The standard InChI is InChI=1S/C31H65N2O6P/c1-6-8-10-12-14-15-16-17-19-20-22-24-30(34)29(28-39-40(36,37)38-27-26-33(3,4)5)32-31(35)25-23-21-18-13-11-9-7-2/h29-30,34H,6-28H2,1-5H3,(H-,32,35,36,37)/t29-,30+/m0/s1. The van der Waals surface area contributed by atoms with Gasteiger partial charge in [0.1, 0.15) is 13.2 Å². The lowest BCUT2D eigenvalue weighted by molar-refractivity contribution is -0.870. The molecule has 0 aromatic heterocycles. The van der Waals surface area contributed by atoms with E-state index in [0.717, 1.165) is 38.5 Å². The van der Waals surface area contributed by atoms with Crippen LogP contribution in [-0.4, -0.2) is 68.5 Å². The molecular formula is C31H65N2O6P. The molecule has 0 aliphatic carbocycles. The Morgan fingerprint density at radius 1 is 0.775 bits per heavy atom. The molecule has 0 aromatic carbocycles. The molecule has 9 heteroatoms. The zero-order chi connectivity index (χ0) is 30.1.